The van der Waals surface area contributed by atoms with Gasteiger partial charge >= 0.3 is 5.69 Å². The van der Waals surface area contributed by atoms with E-state index in [0.717, 1.165) is 0 Å². The molecule has 0 saturated carbocycles. The average molecular weight is 415 g/mol. The maximum atomic E-state index is 12.6. The van der Waals surface area contributed by atoms with Gasteiger partial charge in [-0.1, -0.05) is 25.4 Å². The van der Waals surface area contributed by atoms with Crippen molar-refractivity contribution in [1.82, 2.24) is 9.55 Å². The molecule has 0 aliphatic heterocycles. The fraction of sp³-hybridized carbons (Fsp3) is 0.444. The Balaban J connectivity index is 1.82. The summed E-state index contributed by atoms with van der Waals surface area (Å²) in [7, 11) is -3.41. The Bertz CT molecular complexity index is 978. The number of rotatable bonds is 9. The highest BCUT2D eigenvalue weighted by molar-refractivity contribution is 7.91. The van der Waals surface area contributed by atoms with Crippen LogP contribution in [0.4, 0.5) is 0 Å². The van der Waals surface area contributed by atoms with E-state index < -0.39 is 26.5 Å². The molecule has 0 fully saturated rings. The molecule has 1 heterocycles. The van der Waals surface area contributed by atoms with Crippen LogP contribution in [0.3, 0.4) is 0 Å². The lowest BCUT2D eigenvalue weighted by Gasteiger charge is -2.24. The van der Waals surface area contributed by atoms with Gasteiger partial charge in [-0.15, -0.1) is 0 Å². The molecule has 0 spiro atoms. The topological polar surface area (TPSA) is 98.2 Å². The van der Waals surface area contributed by atoms with Gasteiger partial charge in [0.05, 0.1) is 10.6 Å². The van der Waals surface area contributed by atoms with Crippen molar-refractivity contribution < 1.29 is 13.2 Å². The fourth-order valence-electron chi connectivity index (χ4n) is 2.67. The number of nitrogens with zero attached hydrogens (tertiary/aromatic N) is 1. The average Bonchev–Trinajstić information content (AvgIpc) is 2.55. The van der Waals surface area contributed by atoms with Crippen LogP contribution < -0.4 is 11.2 Å². The van der Waals surface area contributed by atoms with Gasteiger partial charge in [0.2, 0.25) is 0 Å². The minimum absolute atomic E-state index is 0.0149. The summed E-state index contributed by atoms with van der Waals surface area (Å²) in [5.41, 5.74) is -1.42. The number of aromatic amines is 1. The van der Waals surface area contributed by atoms with Gasteiger partial charge in [0.25, 0.3) is 5.56 Å². The Hall–Kier alpha value is -1.90. The van der Waals surface area contributed by atoms with E-state index in [1.165, 1.54) is 29.0 Å². The number of aromatic nitrogens is 2. The van der Waals surface area contributed by atoms with Gasteiger partial charge in [0.15, 0.2) is 9.84 Å². The van der Waals surface area contributed by atoms with E-state index in [9.17, 15) is 18.0 Å². The number of ether oxygens (including phenoxy) is 1. The fourth-order valence-corrected chi connectivity index (χ4v) is 4.69. The number of H-pyrrole nitrogens is 1. The molecule has 0 aliphatic carbocycles. The molecule has 2 rings (SSSR count). The normalized spacial score (nSPS) is 12.3. The third-order valence-corrected chi connectivity index (χ3v) is 6.43. The molecule has 1 aromatic carbocycles. The Morgan fingerprint density at radius 1 is 1.15 bits per heavy atom. The molecule has 0 unspecified atom stereocenters. The summed E-state index contributed by atoms with van der Waals surface area (Å²) < 4.78 is 31.8. The molecular formula is C18H23ClN2O5S. The van der Waals surface area contributed by atoms with Gasteiger partial charge in [-0.05, 0) is 42.5 Å². The van der Waals surface area contributed by atoms with E-state index in [-0.39, 0.29) is 17.4 Å². The summed E-state index contributed by atoms with van der Waals surface area (Å²) in [5, 5.41) is 0.493. The first-order valence-corrected chi connectivity index (χ1v) is 10.5. The zero-order chi connectivity index (χ0) is 20.1. The molecule has 0 radical (unpaired) electrons. The highest BCUT2D eigenvalue weighted by Crippen LogP contribution is 2.28. The van der Waals surface area contributed by atoms with E-state index in [2.05, 4.69) is 4.98 Å². The van der Waals surface area contributed by atoms with Crippen LogP contribution in [0.5, 0.6) is 0 Å². The molecular weight excluding hydrogens is 392 g/mol. The molecule has 1 N–H and O–H groups in total. The summed E-state index contributed by atoms with van der Waals surface area (Å²) in [6, 6.07) is 7.40. The monoisotopic (exact) mass is 414 g/mol. The molecule has 7 nitrogen and oxygen atoms in total. The van der Waals surface area contributed by atoms with Gasteiger partial charge < -0.3 is 4.74 Å². The Kier molecular flexibility index (Phi) is 7.02. The molecule has 0 amide bonds. The van der Waals surface area contributed by atoms with E-state index in [4.69, 9.17) is 16.3 Å². The molecule has 2 aromatic rings. The Morgan fingerprint density at radius 2 is 1.81 bits per heavy atom. The predicted octanol–water partition coefficient (Wildman–Crippen LogP) is 2.44. The molecule has 0 saturated heterocycles. The minimum Gasteiger partial charge on any atom is -0.361 e. The lowest BCUT2D eigenvalue weighted by Crippen LogP contribution is -2.29. The summed E-state index contributed by atoms with van der Waals surface area (Å²) >= 11 is 5.81. The van der Waals surface area contributed by atoms with Crippen molar-refractivity contribution in [1.29, 1.82) is 0 Å². The van der Waals surface area contributed by atoms with E-state index in [0.29, 0.717) is 24.5 Å². The van der Waals surface area contributed by atoms with Gasteiger partial charge in [0.1, 0.15) is 6.73 Å². The second kappa shape index (κ2) is 8.86. The number of halogens is 1. The van der Waals surface area contributed by atoms with Crippen LogP contribution >= 0.6 is 11.6 Å². The highest BCUT2D eigenvalue weighted by Gasteiger charge is 2.27. The maximum absolute atomic E-state index is 12.6. The van der Waals surface area contributed by atoms with Crippen LogP contribution in [0, 0.1) is 5.41 Å². The third-order valence-electron chi connectivity index (χ3n) is 4.02. The van der Waals surface area contributed by atoms with Crippen molar-refractivity contribution in [3.8, 4) is 0 Å². The smallest absolute Gasteiger partial charge is 0.330 e. The largest absolute Gasteiger partial charge is 0.361 e. The second-order valence-electron chi connectivity index (χ2n) is 7.10. The first-order valence-electron chi connectivity index (χ1n) is 8.45. The summed E-state index contributed by atoms with van der Waals surface area (Å²) in [6.45, 7) is 4.19. The van der Waals surface area contributed by atoms with Crippen LogP contribution in [-0.2, 0) is 21.3 Å². The Labute approximate surface area is 162 Å². The van der Waals surface area contributed by atoms with Gasteiger partial charge in [-0.3, -0.25) is 14.3 Å². The predicted molar refractivity (Wildman–Crippen MR) is 104 cm³/mol. The molecule has 148 valence electrons. The number of sulfone groups is 1. The van der Waals surface area contributed by atoms with E-state index in [1.807, 2.05) is 13.8 Å². The quantitative estimate of drug-likeness (QED) is 0.635. The van der Waals surface area contributed by atoms with E-state index in [1.54, 1.807) is 12.1 Å². The van der Waals surface area contributed by atoms with Crippen LogP contribution in [-0.4, -0.2) is 30.3 Å². The zero-order valence-electron chi connectivity index (χ0n) is 15.3. The van der Waals surface area contributed by atoms with Crippen LogP contribution in [0.2, 0.25) is 5.02 Å². The van der Waals surface area contributed by atoms with Crippen molar-refractivity contribution in [2.75, 3.05) is 12.4 Å². The molecule has 0 atom stereocenters. The van der Waals surface area contributed by atoms with Crippen LogP contribution in [0.1, 0.15) is 26.7 Å². The third kappa shape index (κ3) is 6.64. The van der Waals surface area contributed by atoms with Crippen molar-refractivity contribution >= 4 is 21.4 Å². The summed E-state index contributed by atoms with van der Waals surface area (Å²) in [5.74, 6) is 0.0149. The zero-order valence-corrected chi connectivity index (χ0v) is 16.8. The SMILES string of the molecule is CC(C)(CCCOCn1ccc(=O)[nH]c1=O)CS(=O)(=O)c1ccc(Cl)cc1. The van der Waals surface area contributed by atoms with Crippen LogP contribution in [0.25, 0.3) is 0 Å². The minimum atomic E-state index is -3.41. The number of hydrogen-bond donors (Lipinski definition) is 1. The second-order valence-corrected chi connectivity index (χ2v) is 9.52. The van der Waals surface area contributed by atoms with Gasteiger partial charge in [-0.25, -0.2) is 13.2 Å². The molecule has 1 aromatic heterocycles. The summed E-state index contributed by atoms with van der Waals surface area (Å²) in [4.78, 5) is 24.9. The van der Waals surface area contributed by atoms with Gasteiger partial charge in [0, 0.05) is 23.9 Å². The number of benzene rings is 1. The number of nitrogens with one attached hydrogen (secondary N) is 1. The molecule has 9 heteroatoms. The van der Waals surface area contributed by atoms with Crippen molar-refractivity contribution in [2.24, 2.45) is 5.41 Å². The van der Waals surface area contributed by atoms with Gasteiger partial charge in [-0.2, -0.15) is 0 Å². The standard InChI is InChI=1S/C18H23ClN2O5S/c1-18(2,12-27(24,25)15-6-4-14(19)5-7-15)9-3-11-26-13-21-10-8-16(22)20-17(21)23/h4-8,10H,3,9,11-13H2,1-2H3,(H,20,22,23). The van der Waals surface area contributed by atoms with Crippen molar-refractivity contribution in [3.63, 3.8) is 0 Å². The Morgan fingerprint density at radius 3 is 2.44 bits per heavy atom. The van der Waals surface area contributed by atoms with Crippen LogP contribution in [0.15, 0.2) is 51.0 Å². The maximum Gasteiger partial charge on any atom is 0.330 e. The highest BCUT2D eigenvalue weighted by atomic mass is 35.5. The molecule has 27 heavy (non-hydrogen) atoms. The lowest BCUT2D eigenvalue weighted by atomic mass is 9.90. The first-order chi connectivity index (χ1) is 12.6. The first kappa shape index (κ1) is 21.4. The van der Waals surface area contributed by atoms with E-state index >= 15 is 0 Å². The summed E-state index contributed by atoms with van der Waals surface area (Å²) in [6.07, 6.45) is 2.64. The van der Waals surface area contributed by atoms with Crippen molar-refractivity contribution in [3.05, 3.63) is 62.4 Å². The lowest BCUT2D eigenvalue weighted by molar-refractivity contribution is 0.0663. The van der Waals surface area contributed by atoms with Crippen molar-refractivity contribution in [2.45, 2.75) is 38.3 Å². The number of hydrogen-bond acceptors (Lipinski definition) is 5. The molecule has 0 bridgehead atoms. The molecule has 0 aliphatic rings.